The molecule has 0 aromatic heterocycles. The van der Waals surface area contributed by atoms with Crippen LogP contribution in [-0.2, 0) is 33.2 Å². The monoisotopic (exact) mass is 732 g/mol. The van der Waals surface area contributed by atoms with E-state index in [9.17, 15) is 50.0 Å². The van der Waals surface area contributed by atoms with E-state index in [1.807, 2.05) is 0 Å². The van der Waals surface area contributed by atoms with Crippen LogP contribution in [0, 0.1) is 5.92 Å². The highest BCUT2D eigenvalue weighted by Crippen LogP contribution is 2.37. The van der Waals surface area contributed by atoms with E-state index in [4.69, 9.17) is 62.8 Å². The summed E-state index contributed by atoms with van der Waals surface area (Å²) in [6, 6.07) is -3.77. The lowest BCUT2D eigenvalue weighted by atomic mass is 9.76. The quantitative estimate of drug-likeness (QED) is 0.0788. The smallest absolute Gasteiger partial charge is 0.187 e. The molecule has 0 aromatic carbocycles. The zero-order chi connectivity index (χ0) is 37.2. The van der Waals surface area contributed by atoms with Crippen LogP contribution in [0.5, 0.6) is 0 Å². The van der Waals surface area contributed by atoms with Gasteiger partial charge >= 0.3 is 0 Å². The summed E-state index contributed by atoms with van der Waals surface area (Å²) in [6.07, 6.45) is -26.8. The summed E-state index contributed by atoms with van der Waals surface area (Å²) in [7, 11) is 0. The number of nitrogens with two attached hydrogens (primary N) is 6. The maximum atomic E-state index is 14.0. The van der Waals surface area contributed by atoms with Crippen molar-refractivity contribution in [3.63, 3.8) is 0 Å². The van der Waals surface area contributed by atoms with E-state index >= 15 is 0 Å². The lowest BCUT2D eigenvalue weighted by Crippen LogP contribution is -2.67. The highest BCUT2D eigenvalue weighted by Gasteiger charge is 2.55. The van der Waals surface area contributed by atoms with Gasteiger partial charge in [-0.25, -0.2) is 4.39 Å². The molecule has 3 heterocycles. The van der Waals surface area contributed by atoms with Gasteiger partial charge in [0.1, 0.15) is 79.4 Å². The Morgan fingerprint density at radius 3 is 1.66 bits per heavy atom. The number of halogens is 1. The molecule has 0 spiro atoms. The number of aliphatic hydroxyl groups is 8. The molecule has 21 atom stereocenters. The van der Waals surface area contributed by atoms with Gasteiger partial charge in [-0.05, 0) is 12.3 Å². The molecule has 50 heavy (non-hydrogen) atoms. The van der Waals surface area contributed by atoms with Crippen LogP contribution in [0.3, 0.4) is 0 Å². The Morgan fingerprint density at radius 1 is 0.700 bits per heavy atom. The number of alkyl halides is 1. The molecule has 0 amide bonds. The molecule has 4 rings (SSSR count). The van der Waals surface area contributed by atoms with E-state index in [0.717, 1.165) is 0 Å². The van der Waals surface area contributed by atoms with Gasteiger partial charge in [0, 0.05) is 32.1 Å². The third kappa shape index (κ3) is 8.61. The van der Waals surface area contributed by atoms with Gasteiger partial charge in [0.25, 0.3) is 0 Å². The van der Waals surface area contributed by atoms with E-state index in [1.165, 1.54) is 0 Å². The van der Waals surface area contributed by atoms with Crippen LogP contribution in [0.4, 0.5) is 4.39 Å². The Morgan fingerprint density at radius 2 is 1.18 bits per heavy atom. The van der Waals surface area contributed by atoms with Crippen molar-refractivity contribution >= 4 is 5.78 Å². The topological polar surface area (TPSA) is 390 Å². The molecule has 292 valence electrons. The van der Waals surface area contributed by atoms with Crippen molar-refractivity contribution in [2.24, 2.45) is 40.3 Å². The summed E-state index contributed by atoms with van der Waals surface area (Å²) in [6.45, 7) is -1.84. The maximum Gasteiger partial charge on any atom is 0.187 e. The first kappa shape index (κ1) is 41.6. The summed E-state index contributed by atoms with van der Waals surface area (Å²) >= 11 is 0. The van der Waals surface area contributed by atoms with Crippen molar-refractivity contribution in [2.45, 2.75) is 135 Å². The predicted octanol–water partition coefficient (Wildman–Crippen LogP) is -8.99. The van der Waals surface area contributed by atoms with E-state index < -0.39 is 154 Å². The molecule has 4 aliphatic rings. The largest absolute Gasteiger partial charge is 0.394 e. The number of rotatable bonds is 14. The zero-order valence-corrected chi connectivity index (χ0v) is 27.1. The number of carbonyl (C=O) groups excluding carboxylic acids is 1. The molecule has 1 aliphatic carbocycles. The van der Waals surface area contributed by atoms with Crippen LogP contribution < -0.4 is 34.4 Å². The number of hydrogen-bond donors (Lipinski definition) is 14. The number of hydrogen-bond acceptors (Lipinski definition) is 21. The SMILES string of the molecule is NC[C@@H](F)[C@H](O)C(=O)C[C@@H]1C[C@H](N)[C@@H](O[C@H]2O[C@H](CN)[C@@H](O)[C@@H](O)[C@H]2N)[C@H](O[C@@H]2O[C@H](CO)[C@@H](O[C@H]3O[C@@H](CN)[C@@H](O)[C@H](O)[C@H]3N)[C@H]2O)[C@H]1O. The molecule has 0 bridgehead atoms. The fourth-order valence-electron chi connectivity index (χ4n) is 6.72. The van der Waals surface area contributed by atoms with Gasteiger partial charge in [-0.3, -0.25) is 4.79 Å². The number of carbonyl (C=O) groups is 1. The molecule has 21 nitrogen and oxygen atoms in total. The molecular formula is C28H53FN6O15. The van der Waals surface area contributed by atoms with Gasteiger partial charge in [-0.1, -0.05) is 0 Å². The lowest BCUT2D eigenvalue weighted by Gasteiger charge is -2.48. The second-order valence-electron chi connectivity index (χ2n) is 13.2. The summed E-state index contributed by atoms with van der Waals surface area (Å²) in [5, 5.41) is 84.4. The molecule has 1 saturated carbocycles. The van der Waals surface area contributed by atoms with Gasteiger partial charge in [-0.15, -0.1) is 0 Å². The van der Waals surface area contributed by atoms with Gasteiger partial charge in [0.05, 0.1) is 24.8 Å². The highest BCUT2D eigenvalue weighted by molar-refractivity contribution is 5.83. The van der Waals surface area contributed by atoms with Crippen molar-refractivity contribution in [3.05, 3.63) is 0 Å². The second-order valence-corrected chi connectivity index (χ2v) is 13.2. The van der Waals surface area contributed by atoms with Crippen molar-refractivity contribution in [3.8, 4) is 0 Å². The van der Waals surface area contributed by atoms with E-state index in [-0.39, 0.29) is 19.5 Å². The highest BCUT2D eigenvalue weighted by atomic mass is 19.1. The first-order chi connectivity index (χ1) is 23.6. The van der Waals surface area contributed by atoms with Crippen LogP contribution in [0.25, 0.3) is 0 Å². The molecular weight excluding hydrogens is 679 g/mol. The number of ketones is 1. The van der Waals surface area contributed by atoms with E-state index in [2.05, 4.69) is 0 Å². The van der Waals surface area contributed by atoms with Crippen LogP contribution in [0.2, 0.25) is 0 Å². The fourth-order valence-corrected chi connectivity index (χ4v) is 6.72. The Hall–Kier alpha value is -1.20. The third-order valence-electron chi connectivity index (χ3n) is 9.81. The summed E-state index contributed by atoms with van der Waals surface area (Å²) in [4.78, 5) is 12.7. The lowest BCUT2D eigenvalue weighted by molar-refractivity contribution is -0.309. The van der Waals surface area contributed by atoms with Gasteiger partial charge in [0.2, 0.25) is 0 Å². The average molecular weight is 733 g/mol. The standard InChI is InChI=1S/C28H53FN6O15/c29-8(3-30)17(39)10(37)2-7-1-9(33)23(48-26-14(34)20(42)18(40)11(4-31)45-26)25(16(7)38)50-28-22(44)24(13(6-36)47-28)49-27-15(35)21(43)19(41)12(5-32)46-27/h7-9,11-28,36,38-44H,1-6,30-35H2/t7-,8+,9-,11+,12-,13+,14+,15+,16-,17-,18+,19+,20-,21+,22+,23+,24+,25+,26+,27+,28-/m0/s1. The number of ether oxygens (including phenoxy) is 6. The van der Waals surface area contributed by atoms with Gasteiger partial charge in [-0.2, -0.15) is 0 Å². The first-order valence-corrected chi connectivity index (χ1v) is 16.4. The third-order valence-corrected chi connectivity index (χ3v) is 9.81. The Kier molecular flexibility index (Phi) is 14.8. The van der Waals surface area contributed by atoms with E-state index in [1.54, 1.807) is 0 Å². The van der Waals surface area contributed by atoms with Crippen molar-refractivity contribution in [2.75, 3.05) is 26.2 Å². The number of aliphatic hydroxyl groups excluding tert-OH is 8. The Labute approximate surface area is 286 Å². The second kappa shape index (κ2) is 17.7. The predicted molar refractivity (Wildman–Crippen MR) is 163 cm³/mol. The molecule has 0 radical (unpaired) electrons. The minimum absolute atomic E-state index is 0.149. The normalized spacial score (nSPS) is 48.3. The van der Waals surface area contributed by atoms with Crippen molar-refractivity contribution < 1.29 is 78.5 Å². The molecule has 0 unspecified atom stereocenters. The summed E-state index contributed by atoms with van der Waals surface area (Å²) in [5.41, 5.74) is 35.1. The van der Waals surface area contributed by atoms with Gasteiger partial charge < -0.3 is 104 Å². The molecule has 20 N–H and O–H groups in total. The molecule has 0 aromatic rings. The summed E-state index contributed by atoms with van der Waals surface area (Å²) in [5.74, 6) is -2.04. The first-order valence-electron chi connectivity index (χ1n) is 16.4. The average Bonchev–Trinajstić information content (AvgIpc) is 3.40. The molecule has 3 saturated heterocycles. The van der Waals surface area contributed by atoms with Crippen LogP contribution in [0.15, 0.2) is 0 Å². The maximum absolute atomic E-state index is 14.0. The van der Waals surface area contributed by atoms with Crippen molar-refractivity contribution in [1.82, 2.24) is 0 Å². The van der Waals surface area contributed by atoms with Crippen molar-refractivity contribution in [1.29, 1.82) is 0 Å². The fraction of sp³-hybridized carbons (Fsp3) is 0.964. The minimum atomic E-state index is -2.08. The van der Waals surface area contributed by atoms with Crippen LogP contribution >= 0.6 is 0 Å². The van der Waals surface area contributed by atoms with E-state index in [0.29, 0.717) is 0 Å². The zero-order valence-electron chi connectivity index (χ0n) is 27.1. The molecule has 4 fully saturated rings. The van der Waals surface area contributed by atoms with Crippen LogP contribution in [-0.4, -0.2) is 195 Å². The van der Waals surface area contributed by atoms with Gasteiger partial charge in [0.15, 0.2) is 24.7 Å². The Bertz CT molecular complexity index is 1090. The van der Waals surface area contributed by atoms with Crippen LogP contribution in [0.1, 0.15) is 12.8 Å². The molecule has 22 heteroatoms. The summed E-state index contributed by atoms with van der Waals surface area (Å²) < 4.78 is 48.9. The Balaban J connectivity index is 1.58. The minimum Gasteiger partial charge on any atom is -0.394 e. The molecule has 3 aliphatic heterocycles. The number of Topliss-reactive ketones (excluding diaryl/α,β-unsaturated/α-hetero) is 1.